The Labute approximate surface area is 385 Å². The number of benzene rings is 4. The van der Waals surface area contributed by atoms with E-state index in [2.05, 4.69) is 50.9 Å². The van der Waals surface area contributed by atoms with Gasteiger partial charge in [-0.15, -0.1) is 0 Å². The molecule has 14 heteroatoms. The molecule has 2 heterocycles. The zero-order valence-corrected chi connectivity index (χ0v) is 38.8. The lowest BCUT2D eigenvalue weighted by Crippen LogP contribution is -2.51. The van der Waals surface area contributed by atoms with Crippen LogP contribution < -0.4 is 5.32 Å². The third-order valence-electron chi connectivity index (χ3n) is 12.3. The summed E-state index contributed by atoms with van der Waals surface area (Å²) < 4.78 is 37.7. The summed E-state index contributed by atoms with van der Waals surface area (Å²) in [5, 5.41) is 2.64. The Hall–Kier alpha value is -6.67. The Morgan fingerprint density at radius 2 is 1.18 bits per heavy atom. The van der Waals surface area contributed by atoms with Crippen LogP contribution in [0.2, 0.25) is 0 Å². The number of fused-ring (bicyclic) bond motifs is 3. The van der Waals surface area contributed by atoms with Crippen molar-refractivity contribution in [2.75, 3.05) is 33.3 Å². The lowest BCUT2D eigenvalue weighted by atomic mass is 9.97. The topological polar surface area (TPSA) is 140 Å². The first kappa shape index (κ1) is 47.3. The number of aromatic nitrogens is 4. The van der Waals surface area contributed by atoms with E-state index in [1.165, 1.54) is 13.2 Å². The van der Waals surface area contributed by atoms with Crippen molar-refractivity contribution in [1.82, 2.24) is 40.0 Å². The number of rotatable bonds is 19. The molecule has 0 spiro atoms. The van der Waals surface area contributed by atoms with Gasteiger partial charge in [-0.1, -0.05) is 120 Å². The van der Waals surface area contributed by atoms with Crippen LogP contribution in [0, 0.1) is 5.92 Å². The van der Waals surface area contributed by atoms with Crippen molar-refractivity contribution in [3.05, 3.63) is 132 Å². The highest BCUT2D eigenvalue weighted by molar-refractivity contribution is 5.87. The van der Waals surface area contributed by atoms with Crippen molar-refractivity contribution in [3.8, 4) is 44.8 Å². The number of nitrogens with one attached hydrogen (secondary N) is 3. The van der Waals surface area contributed by atoms with E-state index < -0.39 is 24.1 Å². The molecule has 3 amide bonds. The van der Waals surface area contributed by atoms with Crippen molar-refractivity contribution in [2.45, 2.75) is 85.5 Å². The van der Waals surface area contributed by atoms with Gasteiger partial charge >= 0.3 is 6.09 Å². The van der Waals surface area contributed by atoms with E-state index in [9.17, 15) is 14.4 Å². The predicted molar refractivity (Wildman–Crippen MR) is 253 cm³/mol. The number of carbonyl (C=O) groups is 3. The molecule has 4 aromatic carbocycles. The first-order valence-corrected chi connectivity index (χ1v) is 22.9. The smallest absolute Gasteiger partial charge is 0.407 e. The minimum Gasteiger partial charge on any atom is -0.453 e. The number of alkyl carbamates (subject to hydrolysis) is 1. The van der Waals surface area contributed by atoms with Gasteiger partial charge in [-0.2, -0.15) is 8.78 Å². The predicted octanol–water partition coefficient (Wildman–Crippen LogP) is 10.2. The lowest BCUT2D eigenvalue weighted by Gasteiger charge is -2.33. The Kier molecular flexibility index (Phi) is 14.8. The summed E-state index contributed by atoms with van der Waals surface area (Å²) in [5.74, 6) is -2.51. The number of hydrogen-bond donors (Lipinski definition) is 3. The van der Waals surface area contributed by atoms with Crippen LogP contribution in [-0.2, 0) is 33.3 Å². The van der Waals surface area contributed by atoms with Crippen LogP contribution >= 0.6 is 0 Å². The standard InChI is InChI=1S/C52H60F2N8O4/c1-8-25-61(49(63)47(33(5)6)59-51(65)66-7)31-45-56-30-44(58-45)38-22-24-40-39-23-21-37(27-41(39)52(53,54)42(40)28-38)34-17-19-35(20-18-34)43-29-55-46(57-43)32-62(26-9-2)50(64)48(60(10-3)11-4)36-15-13-12-14-16-36/h12-24,27-30,33,47-48H,8-11,25-26,31-32H2,1-7H3,(H,55,57)(H,56,58)(H,59,65). The fourth-order valence-electron chi connectivity index (χ4n) is 8.83. The van der Waals surface area contributed by atoms with E-state index in [1.807, 2.05) is 86.3 Å². The molecule has 1 aliphatic carbocycles. The fourth-order valence-corrected chi connectivity index (χ4v) is 8.83. The van der Waals surface area contributed by atoms with Crippen molar-refractivity contribution >= 4 is 17.9 Å². The minimum absolute atomic E-state index is 0.0404. The molecular weight excluding hydrogens is 839 g/mol. The fraction of sp³-hybridized carbons (Fsp3) is 0.365. The molecule has 0 saturated carbocycles. The molecule has 2 atom stereocenters. The van der Waals surface area contributed by atoms with Gasteiger partial charge in [0.15, 0.2) is 0 Å². The Morgan fingerprint density at radius 3 is 1.71 bits per heavy atom. The first-order chi connectivity index (χ1) is 31.8. The van der Waals surface area contributed by atoms with E-state index in [0.29, 0.717) is 65.7 Å². The summed E-state index contributed by atoms with van der Waals surface area (Å²) in [6, 6.07) is 26.7. The van der Waals surface area contributed by atoms with Crippen molar-refractivity contribution < 1.29 is 27.9 Å². The van der Waals surface area contributed by atoms with Crippen LogP contribution in [0.15, 0.2) is 103 Å². The molecule has 1 aliphatic rings. The highest BCUT2D eigenvalue weighted by Gasteiger charge is 2.45. The number of nitrogens with zero attached hydrogens (tertiary/aromatic N) is 5. The largest absolute Gasteiger partial charge is 0.453 e. The maximum Gasteiger partial charge on any atom is 0.407 e. The summed E-state index contributed by atoms with van der Waals surface area (Å²) in [6.45, 7) is 14.8. The van der Waals surface area contributed by atoms with Gasteiger partial charge in [-0.3, -0.25) is 14.5 Å². The molecule has 2 unspecified atom stereocenters. The van der Waals surface area contributed by atoms with Crippen LogP contribution in [0.4, 0.5) is 13.6 Å². The maximum absolute atomic E-state index is 16.5. The van der Waals surface area contributed by atoms with Gasteiger partial charge < -0.3 is 29.8 Å². The second kappa shape index (κ2) is 20.7. The van der Waals surface area contributed by atoms with Crippen molar-refractivity contribution in [1.29, 1.82) is 0 Å². The second-order valence-electron chi connectivity index (χ2n) is 17.1. The molecular formula is C52H60F2N8O4. The van der Waals surface area contributed by atoms with E-state index in [-0.39, 0.29) is 35.4 Å². The van der Waals surface area contributed by atoms with Gasteiger partial charge in [0.2, 0.25) is 11.8 Å². The van der Waals surface area contributed by atoms with Crippen LogP contribution in [0.3, 0.4) is 0 Å². The van der Waals surface area contributed by atoms with E-state index >= 15 is 8.78 Å². The van der Waals surface area contributed by atoms with Crippen molar-refractivity contribution in [2.24, 2.45) is 5.92 Å². The highest BCUT2D eigenvalue weighted by atomic mass is 19.3. The summed E-state index contributed by atoms with van der Waals surface area (Å²) in [4.78, 5) is 61.2. The molecule has 0 radical (unpaired) electrons. The third kappa shape index (κ3) is 9.93. The first-order valence-electron chi connectivity index (χ1n) is 22.9. The number of likely N-dealkylation sites (N-methyl/N-ethyl adjacent to an activating group) is 1. The Bertz CT molecular complexity index is 2620. The van der Waals surface area contributed by atoms with Gasteiger partial charge in [-0.25, -0.2) is 14.8 Å². The van der Waals surface area contributed by atoms with E-state index in [4.69, 9.17) is 4.74 Å². The molecule has 0 aliphatic heterocycles. The van der Waals surface area contributed by atoms with Crippen LogP contribution in [0.5, 0.6) is 0 Å². The minimum atomic E-state index is -3.26. The zero-order valence-electron chi connectivity index (χ0n) is 38.8. The van der Waals surface area contributed by atoms with E-state index in [1.54, 1.807) is 41.6 Å². The van der Waals surface area contributed by atoms with Crippen molar-refractivity contribution in [3.63, 3.8) is 0 Å². The van der Waals surface area contributed by atoms with Gasteiger partial charge in [0.1, 0.15) is 23.7 Å². The third-order valence-corrected chi connectivity index (χ3v) is 12.3. The molecule has 12 nitrogen and oxygen atoms in total. The van der Waals surface area contributed by atoms with Gasteiger partial charge in [0, 0.05) is 29.8 Å². The number of imidazole rings is 2. The number of ether oxygens (including phenoxy) is 1. The zero-order chi connectivity index (χ0) is 47.1. The van der Waals surface area contributed by atoms with Gasteiger partial charge in [0.25, 0.3) is 5.92 Å². The number of hydrogen-bond acceptors (Lipinski definition) is 7. The number of alkyl halides is 2. The quantitative estimate of drug-likeness (QED) is 0.0736. The summed E-state index contributed by atoms with van der Waals surface area (Å²) >= 11 is 0. The highest BCUT2D eigenvalue weighted by Crippen LogP contribution is 2.52. The Balaban J connectivity index is 1.05. The maximum atomic E-state index is 16.5. The van der Waals surface area contributed by atoms with Gasteiger partial charge in [0.05, 0.1) is 44.0 Å². The molecule has 3 N–H and O–H groups in total. The number of carbonyl (C=O) groups excluding carboxylic acids is 3. The number of aromatic amines is 2. The van der Waals surface area contributed by atoms with Gasteiger partial charge in [-0.05, 0) is 77.4 Å². The molecule has 6 aromatic rings. The average Bonchev–Trinajstić information content (AvgIpc) is 4.06. The number of halogens is 2. The summed E-state index contributed by atoms with van der Waals surface area (Å²) in [6.07, 6.45) is 4.15. The summed E-state index contributed by atoms with van der Waals surface area (Å²) in [7, 11) is 1.25. The molecule has 0 bridgehead atoms. The van der Waals surface area contributed by atoms with Crippen LogP contribution in [0.25, 0.3) is 44.8 Å². The molecule has 0 saturated heterocycles. The van der Waals surface area contributed by atoms with E-state index in [0.717, 1.165) is 41.9 Å². The molecule has 2 aromatic heterocycles. The number of H-pyrrole nitrogens is 2. The molecule has 0 fully saturated rings. The molecule has 7 rings (SSSR count). The Morgan fingerprint density at radius 1 is 0.682 bits per heavy atom. The van der Waals surface area contributed by atoms with Crippen LogP contribution in [-0.4, -0.2) is 91.9 Å². The SMILES string of the molecule is CCCN(Cc1ncc(-c2ccc3c(c2)C(F)(F)c2cc(-c4ccc(-c5cnc(CN(CCC)C(=O)C(c6ccccc6)N(CC)CC)[nH]5)cc4)ccc2-3)[nH]1)C(=O)C(NC(=O)OC)C(C)C. The molecule has 66 heavy (non-hydrogen) atoms. The van der Waals surface area contributed by atoms with Crippen LogP contribution in [0.1, 0.15) is 88.8 Å². The monoisotopic (exact) mass is 898 g/mol. The normalized spacial score (nSPS) is 13.6. The molecule has 346 valence electrons. The second-order valence-corrected chi connectivity index (χ2v) is 17.1. The number of methoxy groups -OCH3 is 1. The lowest BCUT2D eigenvalue weighted by molar-refractivity contribution is -0.138. The average molecular weight is 899 g/mol. The summed E-state index contributed by atoms with van der Waals surface area (Å²) in [5.41, 5.74) is 5.98. The number of amides is 3.